The molecule has 2 nitrogen and oxygen atoms in total. The zero-order chi connectivity index (χ0) is 14.8. The summed E-state index contributed by atoms with van der Waals surface area (Å²) in [6.07, 6.45) is 4.52. The molecule has 3 atom stereocenters. The average Bonchev–Trinajstić information content (AvgIpc) is 2.80. The summed E-state index contributed by atoms with van der Waals surface area (Å²) >= 11 is 0. The number of rotatable bonds is 5. The zero-order valence-electron chi connectivity index (χ0n) is 13.2. The number of benzene rings is 1. The van der Waals surface area contributed by atoms with Gasteiger partial charge in [-0.2, -0.15) is 0 Å². The molecule has 2 aliphatic rings. The van der Waals surface area contributed by atoms with Gasteiger partial charge in [-0.05, 0) is 35.8 Å². The largest absolute Gasteiger partial charge is 0.393 e. The van der Waals surface area contributed by atoms with Crippen LogP contribution in [0.3, 0.4) is 0 Å². The fraction of sp³-hybridized carbons (Fsp3) is 0.579. The third kappa shape index (κ3) is 3.38. The van der Waals surface area contributed by atoms with Gasteiger partial charge in [0.05, 0.1) is 6.10 Å². The van der Waals surface area contributed by atoms with Crippen LogP contribution >= 0.6 is 0 Å². The molecule has 0 radical (unpaired) electrons. The number of aliphatic hydroxyl groups excluding tert-OH is 1. The third-order valence-electron chi connectivity index (χ3n) is 4.98. The zero-order valence-corrected chi connectivity index (χ0v) is 13.2. The minimum absolute atomic E-state index is 0.0418. The maximum Gasteiger partial charge on any atom is 0.0587 e. The molecule has 1 aliphatic carbocycles. The molecule has 21 heavy (non-hydrogen) atoms. The van der Waals surface area contributed by atoms with E-state index in [-0.39, 0.29) is 6.10 Å². The lowest BCUT2D eigenvalue weighted by atomic mass is 9.74. The second-order valence-corrected chi connectivity index (χ2v) is 7.15. The Morgan fingerprint density at radius 2 is 2.05 bits per heavy atom. The maximum absolute atomic E-state index is 9.82. The van der Waals surface area contributed by atoms with Gasteiger partial charge in [-0.1, -0.05) is 50.3 Å². The van der Waals surface area contributed by atoms with E-state index in [0.29, 0.717) is 11.8 Å². The summed E-state index contributed by atoms with van der Waals surface area (Å²) in [7, 11) is 0. The molecule has 1 N–H and O–H groups in total. The number of fused-ring (bicyclic) bond motifs is 1. The minimum atomic E-state index is -0.0418. The van der Waals surface area contributed by atoms with Crippen molar-refractivity contribution in [3.8, 4) is 0 Å². The third-order valence-corrected chi connectivity index (χ3v) is 4.98. The summed E-state index contributed by atoms with van der Waals surface area (Å²) in [4.78, 5) is 2.53. The first-order valence-electron chi connectivity index (χ1n) is 8.28. The monoisotopic (exact) mass is 285 g/mol. The van der Waals surface area contributed by atoms with Crippen molar-refractivity contribution in [1.29, 1.82) is 0 Å². The summed E-state index contributed by atoms with van der Waals surface area (Å²) in [5.74, 6) is 1.97. The van der Waals surface area contributed by atoms with Crippen LogP contribution in [0.25, 0.3) is 5.57 Å². The van der Waals surface area contributed by atoms with Crippen molar-refractivity contribution in [1.82, 2.24) is 4.90 Å². The summed E-state index contributed by atoms with van der Waals surface area (Å²) in [6.45, 7) is 7.79. The number of hydrogen-bond acceptors (Lipinski definition) is 2. The van der Waals surface area contributed by atoms with Gasteiger partial charge in [-0.25, -0.2) is 0 Å². The Morgan fingerprint density at radius 3 is 2.67 bits per heavy atom. The smallest absolute Gasteiger partial charge is 0.0587 e. The molecule has 1 aromatic carbocycles. The average molecular weight is 285 g/mol. The Morgan fingerprint density at radius 1 is 1.29 bits per heavy atom. The highest BCUT2D eigenvalue weighted by atomic mass is 16.3. The summed E-state index contributed by atoms with van der Waals surface area (Å²) in [5.41, 5.74) is 2.79. The Bertz CT molecular complexity index is 494. The van der Waals surface area contributed by atoms with Crippen molar-refractivity contribution in [3.05, 3.63) is 42.0 Å². The molecule has 1 saturated heterocycles. The summed E-state index contributed by atoms with van der Waals surface area (Å²) in [6, 6.07) is 10.7. The summed E-state index contributed by atoms with van der Waals surface area (Å²) < 4.78 is 0. The molecule has 1 aliphatic heterocycles. The van der Waals surface area contributed by atoms with E-state index in [1.807, 2.05) is 0 Å². The lowest BCUT2D eigenvalue weighted by Gasteiger charge is -2.35. The molecule has 1 saturated carbocycles. The lowest BCUT2D eigenvalue weighted by Crippen LogP contribution is -2.39. The lowest BCUT2D eigenvalue weighted by molar-refractivity contribution is -0.00429. The predicted molar refractivity (Wildman–Crippen MR) is 87.9 cm³/mol. The van der Waals surface area contributed by atoms with Crippen LogP contribution in [0.5, 0.6) is 0 Å². The normalized spacial score (nSPS) is 29.5. The van der Waals surface area contributed by atoms with Gasteiger partial charge in [-0.3, -0.25) is 4.90 Å². The van der Waals surface area contributed by atoms with Gasteiger partial charge in [0.15, 0.2) is 0 Å². The van der Waals surface area contributed by atoms with Crippen LogP contribution in [0, 0.1) is 17.8 Å². The van der Waals surface area contributed by atoms with Crippen molar-refractivity contribution in [3.63, 3.8) is 0 Å². The van der Waals surface area contributed by atoms with Crippen molar-refractivity contribution in [2.45, 2.75) is 32.8 Å². The summed E-state index contributed by atoms with van der Waals surface area (Å²) in [5, 5.41) is 9.82. The maximum atomic E-state index is 9.82. The quantitative estimate of drug-likeness (QED) is 0.896. The highest BCUT2D eigenvalue weighted by Crippen LogP contribution is 2.41. The molecule has 2 fully saturated rings. The van der Waals surface area contributed by atoms with Gasteiger partial charge in [0.2, 0.25) is 0 Å². The van der Waals surface area contributed by atoms with Gasteiger partial charge in [0.25, 0.3) is 0 Å². The van der Waals surface area contributed by atoms with E-state index in [1.54, 1.807) is 0 Å². The fourth-order valence-corrected chi connectivity index (χ4v) is 3.64. The van der Waals surface area contributed by atoms with Gasteiger partial charge in [-0.15, -0.1) is 0 Å². The Labute approximate surface area is 128 Å². The molecule has 0 amide bonds. The number of nitrogens with zero attached hydrogens (tertiary/aromatic N) is 1. The van der Waals surface area contributed by atoms with Crippen molar-refractivity contribution < 1.29 is 5.11 Å². The van der Waals surface area contributed by atoms with E-state index in [9.17, 15) is 5.11 Å². The molecule has 0 spiro atoms. The molecule has 3 rings (SSSR count). The molecular formula is C19H27NO. The standard InChI is InChI=1S/C19H27NO/c1-14(2)8-9-16(15-6-4-3-5-7-15)11-20-12-17-10-19(21)18(17)13-20/h3-7,9,14,17-19,21H,8,10-13H2,1-2H3/t17-,18+,19-/m1/s1. The van der Waals surface area contributed by atoms with Crippen LogP contribution in [0.2, 0.25) is 0 Å². The van der Waals surface area contributed by atoms with Crippen LogP contribution in [-0.4, -0.2) is 35.7 Å². The van der Waals surface area contributed by atoms with Crippen LogP contribution in [0.15, 0.2) is 36.4 Å². The SMILES string of the molecule is CC(C)CC=C(CN1C[C@H]2C[C@@H](O)[C@H]2C1)c1ccccc1. The number of aliphatic hydroxyl groups is 1. The molecule has 1 heterocycles. The predicted octanol–water partition coefficient (Wildman–Crippen LogP) is 3.43. The van der Waals surface area contributed by atoms with E-state index in [4.69, 9.17) is 0 Å². The van der Waals surface area contributed by atoms with E-state index in [1.165, 1.54) is 11.1 Å². The number of likely N-dealkylation sites (tertiary alicyclic amines) is 1. The minimum Gasteiger partial charge on any atom is -0.393 e. The molecule has 1 aromatic rings. The van der Waals surface area contributed by atoms with Crippen LogP contribution in [0.1, 0.15) is 32.3 Å². The van der Waals surface area contributed by atoms with E-state index in [2.05, 4.69) is 55.2 Å². The van der Waals surface area contributed by atoms with Gasteiger partial charge >= 0.3 is 0 Å². The van der Waals surface area contributed by atoms with E-state index in [0.717, 1.165) is 38.4 Å². The molecule has 0 aromatic heterocycles. The van der Waals surface area contributed by atoms with Gasteiger partial charge in [0.1, 0.15) is 0 Å². The molecule has 0 unspecified atom stereocenters. The van der Waals surface area contributed by atoms with Crippen molar-refractivity contribution in [2.75, 3.05) is 19.6 Å². The van der Waals surface area contributed by atoms with Crippen LogP contribution in [-0.2, 0) is 0 Å². The Hall–Kier alpha value is -1.12. The number of hydrogen-bond donors (Lipinski definition) is 1. The molecular weight excluding hydrogens is 258 g/mol. The van der Waals surface area contributed by atoms with Crippen molar-refractivity contribution >= 4 is 5.57 Å². The second-order valence-electron chi connectivity index (χ2n) is 7.15. The first-order chi connectivity index (χ1) is 10.1. The van der Waals surface area contributed by atoms with Crippen LogP contribution in [0.4, 0.5) is 0 Å². The fourth-order valence-electron chi connectivity index (χ4n) is 3.64. The topological polar surface area (TPSA) is 23.5 Å². The molecule has 114 valence electrons. The van der Waals surface area contributed by atoms with Crippen LogP contribution < -0.4 is 0 Å². The highest BCUT2D eigenvalue weighted by Gasteiger charge is 2.46. The van der Waals surface area contributed by atoms with Gasteiger partial charge in [0, 0.05) is 25.6 Å². The second kappa shape index (κ2) is 6.33. The molecule has 2 heteroatoms. The van der Waals surface area contributed by atoms with Crippen molar-refractivity contribution in [2.24, 2.45) is 17.8 Å². The molecule has 0 bridgehead atoms. The first-order valence-corrected chi connectivity index (χ1v) is 8.28. The highest BCUT2D eigenvalue weighted by molar-refractivity contribution is 5.66. The first kappa shape index (κ1) is 14.8. The Kier molecular flexibility index (Phi) is 4.46. The van der Waals surface area contributed by atoms with Gasteiger partial charge < -0.3 is 5.11 Å². The Balaban J connectivity index is 1.69. The van der Waals surface area contributed by atoms with E-state index >= 15 is 0 Å². The van der Waals surface area contributed by atoms with E-state index < -0.39 is 0 Å². The number of allylic oxidation sites excluding steroid dienone is 1.